The smallest absolute Gasteiger partial charge is 0.271 e. The van der Waals surface area contributed by atoms with E-state index in [2.05, 4.69) is 15.7 Å². The van der Waals surface area contributed by atoms with Crippen LogP contribution in [0.4, 0.5) is 0 Å². The molecule has 1 aromatic heterocycles. The Morgan fingerprint density at radius 2 is 2.38 bits per heavy atom. The zero-order chi connectivity index (χ0) is 9.68. The number of hydrogen-bond donors (Lipinski definition) is 2. The number of hydrogen-bond acceptors (Lipinski definition) is 3. The molecule has 0 radical (unpaired) electrons. The first-order chi connectivity index (χ1) is 6.24. The molecule has 1 aromatic rings. The van der Waals surface area contributed by atoms with Crippen LogP contribution in [0.15, 0.2) is 12.3 Å². The van der Waals surface area contributed by atoms with E-state index in [4.69, 9.17) is 0 Å². The van der Waals surface area contributed by atoms with E-state index in [0.717, 1.165) is 6.54 Å². The van der Waals surface area contributed by atoms with Gasteiger partial charge in [0.15, 0.2) is 0 Å². The lowest BCUT2D eigenvalue weighted by molar-refractivity contribution is 0.0948. The number of nitrogens with one attached hydrogen (secondary N) is 2. The van der Waals surface area contributed by atoms with Crippen molar-refractivity contribution < 1.29 is 4.79 Å². The third-order valence-corrected chi connectivity index (χ3v) is 1.61. The van der Waals surface area contributed by atoms with Crippen molar-refractivity contribution in [3.63, 3.8) is 0 Å². The van der Waals surface area contributed by atoms with E-state index in [-0.39, 0.29) is 5.91 Å². The molecule has 0 aromatic carbocycles. The average Bonchev–Trinajstić information content (AvgIpc) is 2.52. The monoisotopic (exact) mass is 182 g/mol. The van der Waals surface area contributed by atoms with Gasteiger partial charge in [0.1, 0.15) is 5.69 Å². The van der Waals surface area contributed by atoms with Crippen molar-refractivity contribution in [2.24, 2.45) is 7.05 Å². The van der Waals surface area contributed by atoms with Gasteiger partial charge < -0.3 is 10.6 Å². The first-order valence-corrected chi connectivity index (χ1v) is 4.16. The van der Waals surface area contributed by atoms with Crippen molar-refractivity contribution in [3.8, 4) is 0 Å². The molecule has 0 fully saturated rings. The van der Waals surface area contributed by atoms with Gasteiger partial charge in [0.25, 0.3) is 5.91 Å². The molecule has 13 heavy (non-hydrogen) atoms. The predicted octanol–water partition coefficient (Wildman–Crippen LogP) is -0.631. The van der Waals surface area contributed by atoms with Crippen LogP contribution in [0, 0.1) is 0 Å². The standard InChI is InChI=1S/C8H14N4O/c1-9-4-5-10-8(13)7-3-6-12(2)11-7/h3,6,9H,4-5H2,1-2H3,(H,10,13). The van der Waals surface area contributed by atoms with Gasteiger partial charge in [0.2, 0.25) is 0 Å². The minimum atomic E-state index is -0.129. The molecular formula is C8H14N4O. The zero-order valence-corrected chi connectivity index (χ0v) is 7.87. The van der Waals surface area contributed by atoms with Gasteiger partial charge >= 0.3 is 0 Å². The lowest BCUT2D eigenvalue weighted by Gasteiger charge is -2.01. The van der Waals surface area contributed by atoms with E-state index in [0.29, 0.717) is 12.2 Å². The summed E-state index contributed by atoms with van der Waals surface area (Å²) in [4.78, 5) is 11.3. The number of aryl methyl sites for hydroxylation is 1. The molecule has 0 saturated heterocycles. The maximum Gasteiger partial charge on any atom is 0.271 e. The molecule has 5 nitrogen and oxygen atoms in total. The first kappa shape index (κ1) is 9.73. The second-order valence-electron chi connectivity index (χ2n) is 2.73. The number of likely N-dealkylation sites (N-methyl/N-ethyl adjacent to an activating group) is 1. The lowest BCUT2D eigenvalue weighted by atomic mass is 10.4. The highest BCUT2D eigenvalue weighted by molar-refractivity contribution is 5.92. The van der Waals surface area contributed by atoms with Crippen LogP contribution >= 0.6 is 0 Å². The van der Waals surface area contributed by atoms with Gasteiger partial charge in [0, 0.05) is 26.3 Å². The molecule has 1 heterocycles. The van der Waals surface area contributed by atoms with Gasteiger partial charge in [-0.05, 0) is 13.1 Å². The van der Waals surface area contributed by atoms with E-state index in [1.165, 1.54) is 0 Å². The average molecular weight is 182 g/mol. The Bertz CT molecular complexity index is 281. The lowest BCUT2D eigenvalue weighted by Crippen LogP contribution is -2.30. The van der Waals surface area contributed by atoms with Gasteiger partial charge in [-0.2, -0.15) is 5.10 Å². The molecular weight excluding hydrogens is 168 g/mol. The maximum atomic E-state index is 11.3. The van der Waals surface area contributed by atoms with Gasteiger partial charge in [-0.1, -0.05) is 0 Å². The summed E-state index contributed by atoms with van der Waals surface area (Å²) in [5, 5.41) is 9.65. The Hall–Kier alpha value is -1.36. The van der Waals surface area contributed by atoms with E-state index in [1.807, 2.05) is 7.05 Å². The van der Waals surface area contributed by atoms with Crippen LogP contribution in [0.5, 0.6) is 0 Å². The Labute approximate surface area is 77.1 Å². The number of rotatable bonds is 4. The van der Waals surface area contributed by atoms with Gasteiger partial charge in [0.05, 0.1) is 0 Å². The zero-order valence-electron chi connectivity index (χ0n) is 7.87. The molecule has 72 valence electrons. The number of carbonyl (C=O) groups excluding carboxylic acids is 1. The maximum absolute atomic E-state index is 11.3. The Balaban J connectivity index is 2.40. The van der Waals surface area contributed by atoms with Crippen molar-refractivity contribution in [3.05, 3.63) is 18.0 Å². The summed E-state index contributed by atoms with van der Waals surface area (Å²) in [5.41, 5.74) is 0.457. The normalized spacial score (nSPS) is 10.0. The third kappa shape index (κ3) is 2.87. The Morgan fingerprint density at radius 1 is 1.62 bits per heavy atom. The molecule has 0 unspecified atom stereocenters. The predicted molar refractivity (Wildman–Crippen MR) is 49.5 cm³/mol. The molecule has 0 spiro atoms. The highest BCUT2D eigenvalue weighted by Crippen LogP contribution is 1.92. The van der Waals surface area contributed by atoms with Gasteiger partial charge in [-0.25, -0.2) is 0 Å². The van der Waals surface area contributed by atoms with Crippen LogP contribution in [0.3, 0.4) is 0 Å². The van der Waals surface area contributed by atoms with Crippen LogP contribution in [0.25, 0.3) is 0 Å². The fourth-order valence-corrected chi connectivity index (χ4v) is 0.928. The second-order valence-corrected chi connectivity index (χ2v) is 2.73. The molecule has 5 heteroatoms. The fourth-order valence-electron chi connectivity index (χ4n) is 0.928. The van der Waals surface area contributed by atoms with Crippen molar-refractivity contribution in [2.45, 2.75) is 0 Å². The summed E-state index contributed by atoms with van der Waals surface area (Å²) >= 11 is 0. The number of amides is 1. The molecule has 1 rings (SSSR count). The third-order valence-electron chi connectivity index (χ3n) is 1.61. The summed E-state index contributed by atoms with van der Waals surface area (Å²) in [7, 11) is 3.62. The van der Waals surface area contributed by atoms with Crippen LogP contribution in [0.1, 0.15) is 10.5 Å². The molecule has 0 atom stereocenters. The molecule has 0 aliphatic carbocycles. The summed E-state index contributed by atoms with van der Waals surface area (Å²) in [6.45, 7) is 1.38. The molecule has 0 aliphatic heterocycles. The van der Waals surface area contributed by atoms with E-state index >= 15 is 0 Å². The number of carbonyl (C=O) groups is 1. The highest BCUT2D eigenvalue weighted by atomic mass is 16.1. The highest BCUT2D eigenvalue weighted by Gasteiger charge is 2.06. The van der Waals surface area contributed by atoms with E-state index in [1.54, 1.807) is 24.0 Å². The van der Waals surface area contributed by atoms with Crippen molar-refractivity contribution in [1.29, 1.82) is 0 Å². The summed E-state index contributed by atoms with van der Waals surface area (Å²) in [5.74, 6) is -0.129. The SMILES string of the molecule is CNCCNC(=O)c1ccn(C)n1. The number of nitrogens with zero attached hydrogens (tertiary/aromatic N) is 2. The molecule has 0 bridgehead atoms. The number of aromatic nitrogens is 2. The Morgan fingerprint density at radius 3 is 2.92 bits per heavy atom. The summed E-state index contributed by atoms with van der Waals surface area (Å²) in [6.07, 6.45) is 1.74. The molecule has 0 saturated carbocycles. The topological polar surface area (TPSA) is 58.9 Å². The van der Waals surface area contributed by atoms with Crippen LogP contribution < -0.4 is 10.6 Å². The molecule has 1 amide bonds. The van der Waals surface area contributed by atoms with E-state index in [9.17, 15) is 4.79 Å². The van der Waals surface area contributed by atoms with Gasteiger partial charge in [-0.15, -0.1) is 0 Å². The largest absolute Gasteiger partial charge is 0.349 e. The van der Waals surface area contributed by atoms with Crippen LogP contribution in [-0.2, 0) is 7.05 Å². The van der Waals surface area contributed by atoms with Crippen LogP contribution in [-0.4, -0.2) is 35.8 Å². The van der Waals surface area contributed by atoms with Gasteiger partial charge in [-0.3, -0.25) is 9.48 Å². The van der Waals surface area contributed by atoms with Crippen molar-refractivity contribution in [1.82, 2.24) is 20.4 Å². The summed E-state index contributed by atoms with van der Waals surface area (Å²) < 4.78 is 1.60. The second kappa shape index (κ2) is 4.61. The minimum absolute atomic E-state index is 0.129. The quantitative estimate of drug-likeness (QED) is 0.609. The van der Waals surface area contributed by atoms with Crippen molar-refractivity contribution >= 4 is 5.91 Å². The summed E-state index contributed by atoms with van der Waals surface area (Å²) in [6, 6.07) is 1.69. The molecule has 0 aliphatic rings. The minimum Gasteiger partial charge on any atom is -0.349 e. The first-order valence-electron chi connectivity index (χ1n) is 4.16. The van der Waals surface area contributed by atoms with E-state index < -0.39 is 0 Å². The van der Waals surface area contributed by atoms with Crippen molar-refractivity contribution in [2.75, 3.05) is 20.1 Å². The Kier molecular flexibility index (Phi) is 3.45. The molecule has 2 N–H and O–H groups in total. The van der Waals surface area contributed by atoms with Crippen LogP contribution in [0.2, 0.25) is 0 Å². The fraction of sp³-hybridized carbons (Fsp3) is 0.500.